The van der Waals surface area contributed by atoms with Gasteiger partial charge >= 0.3 is 0 Å². The topological polar surface area (TPSA) is 46.9 Å². The lowest BCUT2D eigenvalue weighted by Gasteiger charge is -2.16. The molecule has 0 bridgehead atoms. The van der Waals surface area contributed by atoms with Crippen molar-refractivity contribution < 1.29 is 0 Å². The van der Waals surface area contributed by atoms with Gasteiger partial charge in [-0.05, 0) is 18.9 Å². The van der Waals surface area contributed by atoms with Crippen molar-refractivity contribution in [2.24, 2.45) is 0 Å². The second-order valence-corrected chi connectivity index (χ2v) is 5.18. The van der Waals surface area contributed by atoms with Gasteiger partial charge in [-0.3, -0.25) is 4.79 Å². The molecule has 1 aromatic heterocycles. The molecule has 0 radical (unpaired) electrons. The molecule has 2 aromatic rings. The molecule has 0 saturated heterocycles. The number of hydrogen-bond donors (Lipinski definition) is 1. The van der Waals surface area contributed by atoms with E-state index in [4.69, 9.17) is 18.0 Å². The van der Waals surface area contributed by atoms with E-state index in [9.17, 15) is 4.79 Å². The monoisotopic (exact) mass is 301 g/mol. The van der Waals surface area contributed by atoms with Gasteiger partial charge < -0.3 is 5.32 Å². The van der Waals surface area contributed by atoms with E-state index < -0.39 is 0 Å². The molecule has 0 aliphatic rings. The van der Waals surface area contributed by atoms with Gasteiger partial charge in [0.2, 0.25) is 0 Å². The number of terminal acetylenes is 1. The van der Waals surface area contributed by atoms with E-state index in [1.807, 2.05) is 37.3 Å². The molecule has 1 N–H and O–H groups in total. The van der Waals surface area contributed by atoms with Gasteiger partial charge in [0.25, 0.3) is 5.56 Å². The number of halogens is 1. The Morgan fingerprint density at radius 1 is 1.43 bits per heavy atom. The molecule has 4 nitrogen and oxygen atoms in total. The van der Waals surface area contributed by atoms with E-state index in [0.717, 1.165) is 6.42 Å². The summed E-state index contributed by atoms with van der Waals surface area (Å²) in [5.41, 5.74) is 1.22. The SMILES string of the molecule is C#CCn1ncc(Cl)c(NC(C)Cc2ccccc2)c1=O. The average molecular weight is 302 g/mol. The van der Waals surface area contributed by atoms with Gasteiger partial charge in [0.1, 0.15) is 12.2 Å². The van der Waals surface area contributed by atoms with Crippen molar-refractivity contribution in [2.45, 2.75) is 25.9 Å². The second-order valence-electron chi connectivity index (χ2n) is 4.77. The van der Waals surface area contributed by atoms with E-state index >= 15 is 0 Å². The molecule has 108 valence electrons. The average Bonchev–Trinajstić information content (AvgIpc) is 2.48. The van der Waals surface area contributed by atoms with Crippen LogP contribution in [0.15, 0.2) is 41.3 Å². The first-order valence-corrected chi connectivity index (χ1v) is 6.99. The summed E-state index contributed by atoms with van der Waals surface area (Å²) >= 11 is 6.06. The van der Waals surface area contributed by atoms with Gasteiger partial charge in [0, 0.05) is 6.04 Å². The van der Waals surface area contributed by atoms with Gasteiger partial charge in [-0.25, -0.2) is 4.68 Å². The normalized spacial score (nSPS) is 11.7. The van der Waals surface area contributed by atoms with Crippen LogP contribution in [0.25, 0.3) is 0 Å². The van der Waals surface area contributed by atoms with E-state index in [-0.39, 0.29) is 18.1 Å². The van der Waals surface area contributed by atoms with Crippen molar-refractivity contribution in [3.05, 3.63) is 57.5 Å². The molecule has 1 aromatic carbocycles. The van der Waals surface area contributed by atoms with Crippen molar-refractivity contribution in [1.29, 1.82) is 0 Å². The van der Waals surface area contributed by atoms with Crippen LogP contribution in [0.1, 0.15) is 12.5 Å². The minimum absolute atomic E-state index is 0.0549. The molecular weight excluding hydrogens is 286 g/mol. The van der Waals surface area contributed by atoms with Crippen molar-refractivity contribution in [2.75, 3.05) is 5.32 Å². The van der Waals surface area contributed by atoms with Crippen LogP contribution in [-0.4, -0.2) is 15.8 Å². The molecule has 1 heterocycles. The van der Waals surface area contributed by atoms with Crippen LogP contribution in [0, 0.1) is 12.3 Å². The highest BCUT2D eigenvalue weighted by Crippen LogP contribution is 2.17. The molecule has 2 rings (SSSR count). The smallest absolute Gasteiger partial charge is 0.292 e. The van der Waals surface area contributed by atoms with Gasteiger partial charge in [-0.1, -0.05) is 47.9 Å². The van der Waals surface area contributed by atoms with Crippen LogP contribution >= 0.6 is 11.6 Å². The number of rotatable bonds is 5. The van der Waals surface area contributed by atoms with Crippen LogP contribution in [-0.2, 0) is 13.0 Å². The fourth-order valence-electron chi connectivity index (χ4n) is 2.06. The van der Waals surface area contributed by atoms with Crippen LogP contribution < -0.4 is 10.9 Å². The fourth-order valence-corrected chi connectivity index (χ4v) is 2.24. The van der Waals surface area contributed by atoms with E-state index in [0.29, 0.717) is 10.7 Å². The van der Waals surface area contributed by atoms with Crippen molar-refractivity contribution >= 4 is 17.3 Å². The van der Waals surface area contributed by atoms with Crippen LogP contribution in [0.2, 0.25) is 5.02 Å². The first-order chi connectivity index (χ1) is 10.1. The molecule has 1 atom stereocenters. The lowest BCUT2D eigenvalue weighted by molar-refractivity contribution is 0.660. The first kappa shape index (κ1) is 15.1. The molecule has 0 fully saturated rings. The Balaban J connectivity index is 2.17. The maximum absolute atomic E-state index is 12.2. The quantitative estimate of drug-likeness (QED) is 0.864. The Labute approximate surface area is 128 Å². The summed E-state index contributed by atoms with van der Waals surface area (Å²) in [7, 11) is 0. The minimum atomic E-state index is -0.305. The number of nitrogens with zero attached hydrogens (tertiary/aromatic N) is 2. The first-order valence-electron chi connectivity index (χ1n) is 6.61. The van der Waals surface area contributed by atoms with Gasteiger partial charge in [0.05, 0.1) is 11.2 Å². The summed E-state index contributed by atoms with van der Waals surface area (Å²) in [6.07, 6.45) is 7.43. The fraction of sp³-hybridized carbons (Fsp3) is 0.250. The van der Waals surface area contributed by atoms with E-state index in [1.165, 1.54) is 16.4 Å². The number of nitrogens with one attached hydrogen (secondary N) is 1. The third-order valence-corrected chi connectivity index (χ3v) is 3.30. The van der Waals surface area contributed by atoms with Crippen molar-refractivity contribution in [3.63, 3.8) is 0 Å². The lowest BCUT2D eigenvalue weighted by atomic mass is 10.1. The number of benzene rings is 1. The minimum Gasteiger partial charge on any atom is -0.376 e. The Bertz CT molecular complexity index is 704. The summed E-state index contributed by atoms with van der Waals surface area (Å²) in [4.78, 5) is 12.2. The summed E-state index contributed by atoms with van der Waals surface area (Å²) in [5, 5.41) is 7.36. The predicted molar refractivity (Wildman–Crippen MR) is 85.6 cm³/mol. The summed E-state index contributed by atoms with van der Waals surface area (Å²) in [5.74, 6) is 2.39. The van der Waals surface area contributed by atoms with Crippen molar-refractivity contribution in [1.82, 2.24) is 9.78 Å². The largest absolute Gasteiger partial charge is 0.376 e. The molecular formula is C16H16ClN3O. The molecule has 5 heteroatoms. The van der Waals surface area contributed by atoms with Crippen LogP contribution in [0.3, 0.4) is 0 Å². The maximum atomic E-state index is 12.2. The van der Waals surface area contributed by atoms with E-state index in [1.54, 1.807) is 0 Å². The summed E-state index contributed by atoms with van der Waals surface area (Å²) in [6, 6.07) is 10.1. The molecule has 0 aliphatic carbocycles. The zero-order valence-electron chi connectivity index (χ0n) is 11.7. The lowest BCUT2D eigenvalue weighted by Crippen LogP contribution is -2.29. The predicted octanol–water partition coefficient (Wildman–Crippen LogP) is 2.57. The highest BCUT2D eigenvalue weighted by molar-refractivity contribution is 6.33. The molecule has 0 amide bonds. The van der Waals surface area contributed by atoms with E-state index in [2.05, 4.69) is 16.3 Å². The molecule has 1 unspecified atom stereocenters. The standard InChI is InChI=1S/C16H16ClN3O/c1-3-9-20-16(21)15(14(17)11-18-20)19-12(2)10-13-7-5-4-6-8-13/h1,4-8,11-12,19H,9-10H2,2H3. The molecule has 0 aliphatic heterocycles. The zero-order chi connectivity index (χ0) is 15.2. The van der Waals surface area contributed by atoms with Gasteiger partial charge in [-0.15, -0.1) is 6.42 Å². The van der Waals surface area contributed by atoms with Gasteiger partial charge in [-0.2, -0.15) is 5.10 Å². The Morgan fingerprint density at radius 2 is 2.14 bits per heavy atom. The summed E-state index contributed by atoms with van der Waals surface area (Å²) in [6.45, 7) is 2.12. The highest BCUT2D eigenvalue weighted by Gasteiger charge is 2.12. The highest BCUT2D eigenvalue weighted by atomic mass is 35.5. The Kier molecular flexibility index (Phi) is 5.02. The van der Waals surface area contributed by atoms with Crippen LogP contribution in [0.4, 0.5) is 5.69 Å². The summed E-state index contributed by atoms with van der Waals surface area (Å²) < 4.78 is 1.21. The zero-order valence-corrected chi connectivity index (χ0v) is 12.5. The van der Waals surface area contributed by atoms with Crippen LogP contribution in [0.5, 0.6) is 0 Å². The molecule has 21 heavy (non-hydrogen) atoms. The third-order valence-electron chi connectivity index (χ3n) is 3.01. The number of aromatic nitrogens is 2. The number of hydrogen-bond acceptors (Lipinski definition) is 3. The Morgan fingerprint density at radius 3 is 2.81 bits per heavy atom. The number of anilines is 1. The van der Waals surface area contributed by atoms with Crippen molar-refractivity contribution in [3.8, 4) is 12.3 Å². The Hall–Kier alpha value is -2.25. The second kappa shape index (κ2) is 6.96. The maximum Gasteiger partial charge on any atom is 0.292 e. The molecule has 0 spiro atoms. The molecule has 0 saturated carbocycles. The van der Waals surface area contributed by atoms with Gasteiger partial charge in [0.15, 0.2) is 0 Å². The third kappa shape index (κ3) is 3.87.